The minimum Gasteiger partial charge on any atom is -0.481 e. The van der Waals surface area contributed by atoms with Gasteiger partial charge >= 0.3 is 5.97 Å². The number of carboxylic acids is 1. The van der Waals surface area contributed by atoms with Crippen LogP contribution in [0.15, 0.2) is 28.7 Å². The van der Waals surface area contributed by atoms with Crippen molar-refractivity contribution in [1.82, 2.24) is 9.78 Å². The number of carboxylic acid groups (broad SMARTS) is 1. The molecule has 19 heavy (non-hydrogen) atoms. The van der Waals surface area contributed by atoms with E-state index in [4.69, 9.17) is 5.11 Å². The average molecular weight is 323 g/mol. The van der Waals surface area contributed by atoms with Crippen LogP contribution in [0.5, 0.6) is 0 Å². The van der Waals surface area contributed by atoms with Gasteiger partial charge in [-0.1, -0.05) is 15.9 Å². The second-order valence-electron chi connectivity index (χ2n) is 4.53. The lowest BCUT2D eigenvalue weighted by Gasteiger charge is -2.08. The zero-order valence-corrected chi connectivity index (χ0v) is 12.6. The van der Waals surface area contributed by atoms with Crippen LogP contribution >= 0.6 is 15.9 Å². The Hall–Kier alpha value is -1.62. The largest absolute Gasteiger partial charge is 0.481 e. The van der Waals surface area contributed by atoms with Crippen molar-refractivity contribution in [2.75, 3.05) is 0 Å². The molecule has 0 amide bonds. The third-order valence-electron chi connectivity index (χ3n) is 3.22. The third-order valence-corrected chi connectivity index (χ3v) is 3.75. The number of nitrogens with zero attached hydrogens (tertiary/aromatic N) is 2. The van der Waals surface area contributed by atoms with E-state index in [-0.39, 0.29) is 0 Å². The van der Waals surface area contributed by atoms with E-state index in [1.54, 1.807) is 11.6 Å². The normalized spacial score (nSPS) is 12.4. The maximum atomic E-state index is 11.2. The number of rotatable bonds is 3. The number of halogens is 1. The van der Waals surface area contributed by atoms with Gasteiger partial charge in [-0.05, 0) is 45.0 Å². The summed E-state index contributed by atoms with van der Waals surface area (Å²) in [6.07, 6.45) is 0. The second kappa shape index (κ2) is 5.17. The van der Waals surface area contributed by atoms with Crippen LogP contribution in [-0.2, 0) is 4.79 Å². The van der Waals surface area contributed by atoms with Gasteiger partial charge in [-0.2, -0.15) is 5.10 Å². The van der Waals surface area contributed by atoms with E-state index in [0.29, 0.717) is 0 Å². The highest BCUT2D eigenvalue weighted by Crippen LogP contribution is 2.26. The molecule has 1 atom stereocenters. The van der Waals surface area contributed by atoms with Crippen LogP contribution in [0.25, 0.3) is 5.69 Å². The minimum atomic E-state index is -0.832. The average Bonchev–Trinajstić information content (AvgIpc) is 2.65. The summed E-state index contributed by atoms with van der Waals surface area (Å²) in [7, 11) is 0. The van der Waals surface area contributed by atoms with Crippen LogP contribution in [0.1, 0.15) is 29.8 Å². The summed E-state index contributed by atoms with van der Waals surface area (Å²) < 4.78 is 2.79. The monoisotopic (exact) mass is 322 g/mol. The quantitative estimate of drug-likeness (QED) is 0.941. The molecule has 1 aromatic heterocycles. The maximum absolute atomic E-state index is 11.2. The number of hydrogen-bond acceptors (Lipinski definition) is 2. The first kappa shape index (κ1) is 13.8. The molecule has 1 aromatic carbocycles. The molecule has 0 saturated carbocycles. The van der Waals surface area contributed by atoms with Gasteiger partial charge in [-0.3, -0.25) is 4.79 Å². The van der Waals surface area contributed by atoms with Crippen LogP contribution in [0, 0.1) is 13.8 Å². The molecular weight excluding hydrogens is 308 g/mol. The molecule has 0 radical (unpaired) electrons. The Morgan fingerprint density at radius 3 is 2.42 bits per heavy atom. The van der Waals surface area contributed by atoms with Gasteiger partial charge in [0.15, 0.2) is 0 Å². The van der Waals surface area contributed by atoms with Crippen LogP contribution in [0.3, 0.4) is 0 Å². The predicted molar refractivity (Wildman–Crippen MR) is 76.8 cm³/mol. The van der Waals surface area contributed by atoms with E-state index in [1.807, 2.05) is 38.1 Å². The zero-order valence-electron chi connectivity index (χ0n) is 11.0. The lowest BCUT2D eigenvalue weighted by molar-refractivity contribution is -0.138. The van der Waals surface area contributed by atoms with Crippen molar-refractivity contribution in [2.24, 2.45) is 0 Å². The Morgan fingerprint density at radius 2 is 1.89 bits per heavy atom. The fourth-order valence-electron chi connectivity index (χ4n) is 2.24. The van der Waals surface area contributed by atoms with Crippen molar-refractivity contribution in [1.29, 1.82) is 0 Å². The Balaban J connectivity index is 2.52. The molecule has 5 heteroatoms. The summed E-state index contributed by atoms with van der Waals surface area (Å²) in [4.78, 5) is 11.2. The van der Waals surface area contributed by atoms with E-state index in [9.17, 15) is 4.79 Å². The van der Waals surface area contributed by atoms with Crippen LogP contribution < -0.4 is 0 Å². The molecule has 0 fully saturated rings. The van der Waals surface area contributed by atoms with Gasteiger partial charge in [-0.15, -0.1) is 0 Å². The van der Waals surface area contributed by atoms with Gasteiger partial charge in [0.25, 0.3) is 0 Å². The van der Waals surface area contributed by atoms with Crippen molar-refractivity contribution in [3.8, 4) is 5.69 Å². The molecule has 0 aliphatic rings. The molecule has 2 rings (SSSR count). The highest BCUT2D eigenvalue weighted by atomic mass is 79.9. The van der Waals surface area contributed by atoms with E-state index in [0.717, 1.165) is 27.1 Å². The fraction of sp³-hybridized carbons (Fsp3) is 0.286. The van der Waals surface area contributed by atoms with E-state index >= 15 is 0 Å². The number of aromatic nitrogens is 2. The first-order valence-electron chi connectivity index (χ1n) is 5.96. The number of hydrogen-bond donors (Lipinski definition) is 1. The molecule has 100 valence electrons. The van der Waals surface area contributed by atoms with Crippen LogP contribution in [0.2, 0.25) is 0 Å². The standard InChI is InChI=1S/C14H15BrN2O2/c1-8(14(18)19)13-9(2)16-17(10(13)3)12-6-4-11(15)5-7-12/h4-8H,1-3H3,(H,18,19). The summed E-state index contributed by atoms with van der Waals surface area (Å²) in [6, 6.07) is 7.76. The first-order valence-corrected chi connectivity index (χ1v) is 6.76. The topological polar surface area (TPSA) is 55.1 Å². The van der Waals surface area contributed by atoms with Gasteiger partial charge < -0.3 is 5.11 Å². The first-order chi connectivity index (χ1) is 8.91. The van der Waals surface area contributed by atoms with Crippen molar-refractivity contribution in [3.63, 3.8) is 0 Å². The van der Waals surface area contributed by atoms with Crippen molar-refractivity contribution < 1.29 is 9.90 Å². The number of aliphatic carboxylic acids is 1. The molecule has 0 bridgehead atoms. The molecule has 1 unspecified atom stereocenters. The van der Waals surface area contributed by atoms with Gasteiger partial charge in [0, 0.05) is 15.7 Å². The van der Waals surface area contributed by atoms with Gasteiger partial charge in [0.05, 0.1) is 17.3 Å². The van der Waals surface area contributed by atoms with Crippen molar-refractivity contribution in [3.05, 3.63) is 45.7 Å². The molecule has 0 spiro atoms. The maximum Gasteiger partial charge on any atom is 0.310 e. The smallest absolute Gasteiger partial charge is 0.310 e. The number of benzene rings is 1. The van der Waals surface area contributed by atoms with Gasteiger partial charge in [0.2, 0.25) is 0 Å². The molecule has 1 heterocycles. The minimum absolute atomic E-state index is 0.552. The van der Waals surface area contributed by atoms with Crippen LogP contribution in [0.4, 0.5) is 0 Å². The molecule has 0 aliphatic carbocycles. The van der Waals surface area contributed by atoms with Gasteiger partial charge in [-0.25, -0.2) is 4.68 Å². The zero-order chi connectivity index (χ0) is 14.2. The highest BCUT2D eigenvalue weighted by Gasteiger charge is 2.23. The molecule has 2 aromatic rings. The van der Waals surface area contributed by atoms with Crippen molar-refractivity contribution in [2.45, 2.75) is 26.7 Å². The third kappa shape index (κ3) is 2.56. The van der Waals surface area contributed by atoms with Crippen LogP contribution in [-0.4, -0.2) is 20.9 Å². The SMILES string of the molecule is Cc1nn(-c2ccc(Br)cc2)c(C)c1C(C)C(=O)O. The Labute approximate surface area is 120 Å². The van der Waals surface area contributed by atoms with E-state index in [1.165, 1.54) is 0 Å². The van der Waals surface area contributed by atoms with Crippen molar-refractivity contribution >= 4 is 21.9 Å². The fourth-order valence-corrected chi connectivity index (χ4v) is 2.50. The Kier molecular flexibility index (Phi) is 3.75. The molecule has 1 N–H and O–H groups in total. The summed E-state index contributed by atoms with van der Waals surface area (Å²) in [5, 5.41) is 13.6. The highest BCUT2D eigenvalue weighted by molar-refractivity contribution is 9.10. The Bertz CT molecular complexity index is 617. The summed E-state index contributed by atoms with van der Waals surface area (Å²) >= 11 is 3.39. The molecular formula is C14H15BrN2O2. The molecule has 0 saturated heterocycles. The predicted octanol–water partition coefficient (Wildman–Crippen LogP) is 3.44. The molecule has 0 aliphatic heterocycles. The summed E-state index contributed by atoms with van der Waals surface area (Å²) in [5.74, 6) is -1.38. The summed E-state index contributed by atoms with van der Waals surface area (Å²) in [6.45, 7) is 5.43. The number of carbonyl (C=O) groups is 1. The summed E-state index contributed by atoms with van der Waals surface area (Å²) in [5.41, 5.74) is 3.34. The molecule has 4 nitrogen and oxygen atoms in total. The lowest BCUT2D eigenvalue weighted by Crippen LogP contribution is -2.09. The van der Waals surface area contributed by atoms with E-state index < -0.39 is 11.9 Å². The lowest BCUT2D eigenvalue weighted by atomic mass is 9.99. The number of aryl methyl sites for hydroxylation is 1. The van der Waals surface area contributed by atoms with E-state index in [2.05, 4.69) is 21.0 Å². The second-order valence-corrected chi connectivity index (χ2v) is 5.45. The Morgan fingerprint density at radius 1 is 1.32 bits per heavy atom. The van der Waals surface area contributed by atoms with Gasteiger partial charge in [0.1, 0.15) is 0 Å².